The minimum atomic E-state index is -0.0619. The second-order valence-electron chi connectivity index (χ2n) is 17.5. The average Bonchev–Trinajstić information content (AvgIpc) is 3.67. The molecule has 0 unspecified atom stereocenters. The van der Waals surface area contributed by atoms with Gasteiger partial charge in [0.15, 0.2) is 0 Å². The molecule has 0 aliphatic heterocycles. The standard InChI is InChI=1S/C58H43ClN2/c1-57(2)51-19-11-9-17-47(51)49-25-21-36(32-53(49)57)55-27-23-38(34-60-55)43-13-5-7-15-45(43)40-29-41(31-42(59)30-40)46-16-8-6-14-44(46)39-24-28-56(61-35-39)37-22-26-50-48-18-10-12-20-52(48)58(3,4)54(50)33-37/h5-35H,1-4H3. The van der Waals surface area contributed by atoms with Gasteiger partial charge in [-0.05, 0) is 120 Å². The Balaban J connectivity index is 0.895. The van der Waals surface area contributed by atoms with Crippen molar-refractivity contribution in [2.45, 2.75) is 38.5 Å². The number of hydrogen-bond acceptors (Lipinski definition) is 2. The summed E-state index contributed by atoms with van der Waals surface area (Å²) in [5.74, 6) is 0. The summed E-state index contributed by atoms with van der Waals surface area (Å²) in [6.45, 7) is 9.27. The van der Waals surface area contributed by atoms with Crippen LogP contribution < -0.4 is 0 Å². The third kappa shape index (κ3) is 6.08. The molecule has 0 saturated carbocycles. The Bertz CT molecular complexity index is 2980. The van der Waals surface area contributed by atoms with Crippen LogP contribution >= 0.6 is 11.6 Å². The summed E-state index contributed by atoms with van der Waals surface area (Å²) >= 11 is 6.98. The van der Waals surface area contributed by atoms with Crippen molar-refractivity contribution >= 4 is 11.6 Å². The van der Waals surface area contributed by atoms with E-state index in [0.29, 0.717) is 5.02 Å². The monoisotopic (exact) mass is 802 g/mol. The van der Waals surface area contributed by atoms with Crippen molar-refractivity contribution in [3.8, 4) is 89.3 Å². The van der Waals surface area contributed by atoms with Crippen LogP contribution in [0.4, 0.5) is 0 Å². The van der Waals surface area contributed by atoms with Gasteiger partial charge >= 0.3 is 0 Å². The molecule has 0 fully saturated rings. The maximum absolute atomic E-state index is 6.98. The summed E-state index contributed by atoms with van der Waals surface area (Å²) in [5, 5.41) is 0.683. The Morgan fingerprint density at radius 1 is 0.311 bits per heavy atom. The highest BCUT2D eigenvalue weighted by Crippen LogP contribution is 2.51. The molecule has 11 rings (SSSR count). The highest BCUT2D eigenvalue weighted by atomic mass is 35.5. The lowest BCUT2D eigenvalue weighted by Crippen LogP contribution is -2.14. The molecule has 61 heavy (non-hydrogen) atoms. The first-order valence-corrected chi connectivity index (χ1v) is 21.4. The molecule has 0 N–H and O–H groups in total. The normalized spacial score (nSPS) is 13.9. The fourth-order valence-electron chi connectivity index (χ4n) is 10.0. The zero-order chi connectivity index (χ0) is 41.5. The average molecular weight is 803 g/mol. The molecule has 2 aromatic heterocycles. The van der Waals surface area contributed by atoms with E-state index in [1.165, 1.54) is 44.5 Å². The Kier molecular flexibility index (Phi) is 8.60. The minimum absolute atomic E-state index is 0.0619. The summed E-state index contributed by atoms with van der Waals surface area (Å²) in [4.78, 5) is 10.1. The smallest absolute Gasteiger partial charge is 0.0702 e. The van der Waals surface area contributed by atoms with Gasteiger partial charge < -0.3 is 0 Å². The molecule has 2 nitrogen and oxygen atoms in total. The summed E-state index contributed by atoms with van der Waals surface area (Å²) in [6.07, 6.45) is 4.00. The first-order chi connectivity index (χ1) is 29.6. The fourth-order valence-corrected chi connectivity index (χ4v) is 10.3. The van der Waals surface area contributed by atoms with Crippen LogP contribution in [0.25, 0.3) is 89.3 Å². The van der Waals surface area contributed by atoms with Gasteiger partial charge in [0.25, 0.3) is 0 Å². The lowest BCUT2D eigenvalue weighted by molar-refractivity contribution is 0.660. The van der Waals surface area contributed by atoms with E-state index in [1.807, 2.05) is 12.4 Å². The molecule has 0 saturated heterocycles. The van der Waals surface area contributed by atoms with Gasteiger partial charge in [-0.2, -0.15) is 0 Å². The van der Waals surface area contributed by atoms with E-state index in [4.69, 9.17) is 21.6 Å². The number of hydrogen-bond donors (Lipinski definition) is 0. The molecule has 2 aliphatic carbocycles. The molecule has 0 atom stereocenters. The summed E-state index contributed by atoms with van der Waals surface area (Å²) in [5.41, 5.74) is 23.4. The molecule has 9 aromatic rings. The minimum Gasteiger partial charge on any atom is -0.256 e. The Morgan fingerprint density at radius 3 is 1.05 bits per heavy atom. The largest absolute Gasteiger partial charge is 0.256 e. The molecule has 3 heteroatoms. The van der Waals surface area contributed by atoms with Crippen LogP contribution in [0, 0.1) is 0 Å². The highest BCUT2D eigenvalue weighted by Gasteiger charge is 2.36. The number of halogens is 1. The number of rotatable bonds is 6. The van der Waals surface area contributed by atoms with Gasteiger partial charge in [0, 0.05) is 50.5 Å². The van der Waals surface area contributed by atoms with Gasteiger partial charge in [0.1, 0.15) is 0 Å². The predicted molar refractivity (Wildman–Crippen MR) is 255 cm³/mol. The lowest BCUT2D eigenvalue weighted by atomic mass is 9.82. The van der Waals surface area contributed by atoms with Crippen LogP contribution in [0.5, 0.6) is 0 Å². The van der Waals surface area contributed by atoms with Crippen LogP contribution in [0.15, 0.2) is 188 Å². The molecular formula is C58H43ClN2. The van der Waals surface area contributed by atoms with E-state index < -0.39 is 0 Å². The lowest BCUT2D eigenvalue weighted by Gasteiger charge is -2.21. The molecule has 2 heterocycles. The quantitative estimate of drug-likeness (QED) is 0.167. The van der Waals surface area contributed by atoms with Crippen molar-refractivity contribution in [1.29, 1.82) is 0 Å². The Morgan fingerprint density at radius 2 is 0.656 bits per heavy atom. The zero-order valence-corrected chi connectivity index (χ0v) is 35.4. The van der Waals surface area contributed by atoms with E-state index in [9.17, 15) is 0 Å². The number of aromatic nitrogens is 2. The van der Waals surface area contributed by atoms with Gasteiger partial charge in [-0.3, -0.25) is 9.97 Å². The maximum atomic E-state index is 6.98. The molecule has 0 amide bonds. The second kappa shape index (κ2) is 14.1. The van der Waals surface area contributed by atoms with Gasteiger partial charge in [-0.15, -0.1) is 0 Å². The van der Waals surface area contributed by atoms with Crippen molar-refractivity contribution in [2.24, 2.45) is 0 Å². The maximum Gasteiger partial charge on any atom is 0.0702 e. The van der Waals surface area contributed by atoms with Crippen LogP contribution in [-0.4, -0.2) is 9.97 Å². The number of nitrogens with zero attached hydrogens (tertiary/aromatic N) is 2. The van der Waals surface area contributed by atoms with E-state index in [0.717, 1.165) is 67.0 Å². The molecule has 7 aromatic carbocycles. The summed E-state index contributed by atoms with van der Waals surface area (Å²) in [6, 6.07) is 63.2. The van der Waals surface area contributed by atoms with Crippen LogP contribution in [0.2, 0.25) is 5.02 Å². The second-order valence-corrected chi connectivity index (χ2v) is 18.0. The van der Waals surface area contributed by atoms with E-state index in [2.05, 4.69) is 204 Å². The topological polar surface area (TPSA) is 25.8 Å². The first kappa shape index (κ1) is 37.2. The van der Waals surface area contributed by atoms with E-state index >= 15 is 0 Å². The van der Waals surface area contributed by atoms with Crippen LogP contribution in [0.1, 0.15) is 49.9 Å². The van der Waals surface area contributed by atoms with Crippen LogP contribution in [-0.2, 0) is 10.8 Å². The molecule has 0 radical (unpaired) electrons. The van der Waals surface area contributed by atoms with Crippen molar-refractivity contribution in [3.05, 3.63) is 216 Å². The van der Waals surface area contributed by atoms with E-state index in [-0.39, 0.29) is 10.8 Å². The fraction of sp³-hybridized carbons (Fsp3) is 0.103. The third-order valence-corrected chi connectivity index (χ3v) is 13.5. The number of benzene rings is 7. The third-order valence-electron chi connectivity index (χ3n) is 13.3. The van der Waals surface area contributed by atoms with Gasteiger partial charge in [0.2, 0.25) is 0 Å². The molecule has 0 bridgehead atoms. The van der Waals surface area contributed by atoms with Gasteiger partial charge in [-0.25, -0.2) is 0 Å². The Hall–Kier alpha value is -6.87. The predicted octanol–water partition coefficient (Wildman–Crippen LogP) is 15.7. The first-order valence-electron chi connectivity index (χ1n) is 21.1. The molecule has 2 aliphatic rings. The van der Waals surface area contributed by atoms with Crippen molar-refractivity contribution in [3.63, 3.8) is 0 Å². The molecule has 0 spiro atoms. The molecule has 292 valence electrons. The van der Waals surface area contributed by atoms with Crippen LogP contribution in [0.3, 0.4) is 0 Å². The van der Waals surface area contributed by atoms with Crippen molar-refractivity contribution in [2.75, 3.05) is 0 Å². The molecular weight excluding hydrogens is 760 g/mol. The number of fused-ring (bicyclic) bond motifs is 6. The van der Waals surface area contributed by atoms with Gasteiger partial charge in [0.05, 0.1) is 11.4 Å². The SMILES string of the molecule is CC1(C)c2ccccc2-c2ccc(-c3ccc(-c4ccccc4-c4cc(Cl)cc(-c5ccccc5-c5ccc(-c6ccc7c(c6)C(C)(C)c6ccccc6-7)nc5)c4)cn3)cc21. The zero-order valence-electron chi connectivity index (χ0n) is 34.7. The number of pyridine rings is 2. The van der Waals surface area contributed by atoms with E-state index in [1.54, 1.807) is 0 Å². The summed E-state index contributed by atoms with van der Waals surface area (Å²) < 4.78 is 0. The van der Waals surface area contributed by atoms with Crippen molar-refractivity contribution < 1.29 is 0 Å². The van der Waals surface area contributed by atoms with Gasteiger partial charge in [-0.1, -0.05) is 173 Å². The highest BCUT2D eigenvalue weighted by molar-refractivity contribution is 6.31. The Labute approximate surface area is 363 Å². The van der Waals surface area contributed by atoms with Crippen molar-refractivity contribution in [1.82, 2.24) is 9.97 Å². The summed E-state index contributed by atoms with van der Waals surface area (Å²) in [7, 11) is 0.